The first-order valence-electron chi connectivity index (χ1n) is 7.57. The van der Waals surface area contributed by atoms with Gasteiger partial charge in [-0.3, -0.25) is 0 Å². The number of aromatic nitrogens is 2. The van der Waals surface area contributed by atoms with E-state index in [0.717, 1.165) is 37.8 Å². The second-order valence-electron chi connectivity index (χ2n) is 6.34. The normalized spacial score (nSPS) is 24.5. The summed E-state index contributed by atoms with van der Waals surface area (Å²) in [7, 11) is 0. The summed E-state index contributed by atoms with van der Waals surface area (Å²) in [6.45, 7) is 1.95. The van der Waals surface area contributed by atoms with Gasteiger partial charge in [0, 0.05) is 11.1 Å². The zero-order valence-corrected chi connectivity index (χ0v) is 14.0. The molecule has 1 aliphatic rings. The van der Waals surface area contributed by atoms with Crippen LogP contribution in [0.15, 0.2) is 28.8 Å². The maximum atomic E-state index is 12.8. The fourth-order valence-corrected chi connectivity index (χ4v) is 3.09. The van der Waals surface area contributed by atoms with Gasteiger partial charge in [0.1, 0.15) is 0 Å². The van der Waals surface area contributed by atoms with Crippen molar-refractivity contribution in [2.75, 3.05) is 0 Å². The highest BCUT2D eigenvalue weighted by molar-refractivity contribution is 5.85. The molecule has 2 unspecified atom stereocenters. The van der Waals surface area contributed by atoms with Crippen LogP contribution in [0.3, 0.4) is 0 Å². The van der Waals surface area contributed by atoms with Gasteiger partial charge in [-0.2, -0.15) is 18.2 Å². The van der Waals surface area contributed by atoms with Crippen LogP contribution in [0.25, 0.3) is 11.4 Å². The summed E-state index contributed by atoms with van der Waals surface area (Å²) in [5.74, 6) is 0.498. The highest BCUT2D eigenvalue weighted by Crippen LogP contribution is 2.39. The molecule has 1 aliphatic carbocycles. The predicted octanol–water partition coefficient (Wildman–Crippen LogP) is 4.55. The molecule has 2 N–H and O–H groups in total. The van der Waals surface area contributed by atoms with Crippen molar-refractivity contribution in [3.8, 4) is 11.4 Å². The molecular formula is C16H19ClF3N3O. The van der Waals surface area contributed by atoms with Crippen molar-refractivity contribution in [2.45, 2.75) is 50.2 Å². The Morgan fingerprint density at radius 2 is 2.04 bits per heavy atom. The summed E-state index contributed by atoms with van der Waals surface area (Å²) in [6.07, 6.45) is -0.616. The first-order valence-corrected chi connectivity index (χ1v) is 7.57. The largest absolute Gasteiger partial charge is 0.416 e. The zero-order chi connectivity index (χ0) is 16.7. The molecule has 1 fully saturated rings. The SMILES string of the molecule is CC1(N)CCCCC1c1nc(-c2cccc(C(F)(F)F)c2)no1.Cl. The van der Waals surface area contributed by atoms with Crippen LogP contribution in [0, 0.1) is 0 Å². The maximum absolute atomic E-state index is 12.8. The van der Waals surface area contributed by atoms with Gasteiger partial charge in [-0.05, 0) is 31.9 Å². The van der Waals surface area contributed by atoms with Crippen LogP contribution < -0.4 is 5.73 Å². The van der Waals surface area contributed by atoms with Crippen LogP contribution in [0.2, 0.25) is 0 Å². The van der Waals surface area contributed by atoms with E-state index in [1.165, 1.54) is 12.1 Å². The molecule has 1 heterocycles. The van der Waals surface area contributed by atoms with Crippen molar-refractivity contribution in [3.63, 3.8) is 0 Å². The fraction of sp³-hybridized carbons (Fsp3) is 0.500. The standard InChI is InChI=1S/C16H18F3N3O.ClH/c1-15(20)8-3-2-7-12(15)14-21-13(22-23-14)10-5-4-6-11(9-10)16(17,18)19;/h4-6,9,12H,2-3,7-8,20H2,1H3;1H. The average molecular weight is 362 g/mol. The molecule has 0 amide bonds. The Bertz CT molecular complexity index is 700. The number of rotatable bonds is 2. The molecule has 3 rings (SSSR count). The number of benzene rings is 1. The average Bonchev–Trinajstić information content (AvgIpc) is 2.95. The van der Waals surface area contributed by atoms with Gasteiger partial charge < -0.3 is 10.3 Å². The Morgan fingerprint density at radius 3 is 2.71 bits per heavy atom. The van der Waals surface area contributed by atoms with Crippen LogP contribution in [-0.4, -0.2) is 15.7 Å². The highest BCUT2D eigenvalue weighted by atomic mass is 35.5. The van der Waals surface area contributed by atoms with E-state index in [-0.39, 0.29) is 29.7 Å². The third-order valence-electron chi connectivity index (χ3n) is 4.44. The van der Waals surface area contributed by atoms with Gasteiger partial charge in [-0.25, -0.2) is 0 Å². The monoisotopic (exact) mass is 361 g/mol. The van der Waals surface area contributed by atoms with Gasteiger partial charge in [0.15, 0.2) is 0 Å². The Kier molecular flexibility index (Phi) is 5.25. The minimum atomic E-state index is -4.40. The Labute approximate surface area is 144 Å². The topological polar surface area (TPSA) is 64.9 Å². The highest BCUT2D eigenvalue weighted by Gasteiger charge is 2.38. The van der Waals surface area contributed by atoms with Gasteiger partial charge in [0.25, 0.3) is 0 Å². The van der Waals surface area contributed by atoms with E-state index in [0.29, 0.717) is 5.89 Å². The molecule has 2 aromatic rings. The Hall–Kier alpha value is -1.60. The van der Waals surface area contributed by atoms with Crippen LogP contribution in [-0.2, 0) is 6.18 Å². The third kappa shape index (κ3) is 3.72. The first-order chi connectivity index (χ1) is 10.8. The van der Waals surface area contributed by atoms with Gasteiger partial charge in [-0.15, -0.1) is 12.4 Å². The molecule has 24 heavy (non-hydrogen) atoms. The summed E-state index contributed by atoms with van der Waals surface area (Å²) in [4.78, 5) is 4.30. The van der Waals surface area contributed by atoms with Crippen molar-refractivity contribution >= 4 is 12.4 Å². The number of alkyl halides is 3. The van der Waals surface area contributed by atoms with Crippen LogP contribution in [0.5, 0.6) is 0 Å². The molecule has 0 spiro atoms. The lowest BCUT2D eigenvalue weighted by molar-refractivity contribution is -0.137. The molecule has 0 radical (unpaired) electrons. The number of nitrogens with two attached hydrogens (primary N) is 1. The number of nitrogens with zero attached hydrogens (tertiary/aromatic N) is 2. The van der Waals surface area contributed by atoms with E-state index in [2.05, 4.69) is 10.1 Å². The van der Waals surface area contributed by atoms with Crippen LogP contribution in [0.1, 0.15) is 50.0 Å². The van der Waals surface area contributed by atoms with Crippen LogP contribution in [0.4, 0.5) is 13.2 Å². The zero-order valence-electron chi connectivity index (χ0n) is 13.1. The molecule has 132 valence electrons. The Balaban J connectivity index is 0.00000208. The van der Waals surface area contributed by atoms with Crippen molar-refractivity contribution in [1.29, 1.82) is 0 Å². The smallest absolute Gasteiger partial charge is 0.339 e. The Morgan fingerprint density at radius 1 is 1.29 bits per heavy atom. The summed E-state index contributed by atoms with van der Waals surface area (Å²) in [5.41, 5.74) is 5.42. The van der Waals surface area contributed by atoms with Crippen molar-refractivity contribution in [2.24, 2.45) is 5.73 Å². The maximum Gasteiger partial charge on any atom is 0.416 e. The molecule has 1 aromatic carbocycles. The van der Waals surface area contributed by atoms with Gasteiger partial charge in [-0.1, -0.05) is 30.1 Å². The quantitative estimate of drug-likeness (QED) is 0.852. The van der Waals surface area contributed by atoms with E-state index in [9.17, 15) is 13.2 Å². The molecule has 4 nitrogen and oxygen atoms in total. The minimum Gasteiger partial charge on any atom is -0.339 e. The fourth-order valence-electron chi connectivity index (χ4n) is 3.09. The lowest BCUT2D eigenvalue weighted by Crippen LogP contribution is -2.44. The van der Waals surface area contributed by atoms with Crippen molar-refractivity contribution in [1.82, 2.24) is 10.1 Å². The molecular weight excluding hydrogens is 343 g/mol. The first kappa shape index (κ1) is 18.7. The molecule has 2 atom stereocenters. The number of hydrogen-bond acceptors (Lipinski definition) is 4. The molecule has 1 aromatic heterocycles. The van der Waals surface area contributed by atoms with E-state index in [4.69, 9.17) is 10.3 Å². The van der Waals surface area contributed by atoms with E-state index >= 15 is 0 Å². The number of halogens is 4. The molecule has 0 saturated heterocycles. The van der Waals surface area contributed by atoms with E-state index in [1.807, 2.05) is 6.92 Å². The lowest BCUT2D eigenvalue weighted by atomic mass is 9.74. The van der Waals surface area contributed by atoms with Crippen molar-refractivity contribution in [3.05, 3.63) is 35.7 Å². The van der Waals surface area contributed by atoms with Gasteiger partial charge in [0.2, 0.25) is 11.7 Å². The van der Waals surface area contributed by atoms with Gasteiger partial charge in [0.05, 0.1) is 11.5 Å². The third-order valence-corrected chi connectivity index (χ3v) is 4.44. The number of hydrogen-bond donors (Lipinski definition) is 1. The van der Waals surface area contributed by atoms with Gasteiger partial charge >= 0.3 is 6.18 Å². The summed E-state index contributed by atoms with van der Waals surface area (Å²) >= 11 is 0. The van der Waals surface area contributed by atoms with Crippen LogP contribution >= 0.6 is 12.4 Å². The summed E-state index contributed by atoms with van der Waals surface area (Å²) in [5, 5.41) is 3.84. The predicted molar refractivity (Wildman–Crippen MR) is 85.8 cm³/mol. The van der Waals surface area contributed by atoms with Crippen molar-refractivity contribution < 1.29 is 17.7 Å². The minimum absolute atomic E-state index is 0. The molecule has 0 aliphatic heterocycles. The van der Waals surface area contributed by atoms with E-state index in [1.54, 1.807) is 0 Å². The molecule has 0 bridgehead atoms. The lowest BCUT2D eigenvalue weighted by Gasteiger charge is -2.35. The molecule has 8 heteroatoms. The molecule has 1 saturated carbocycles. The summed E-state index contributed by atoms with van der Waals surface area (Å²) < 4.78 is 43.7. The second-order valence-corrected chi connectivity index (χ2v) is 6.34. The van der Waals surface area contributed by atoms with E-state index < -0.39 is 17.3 Å². The summed E-state index contributed by atoms with van der Waals surface area (Å²) in [6, 6.07) is 4.91. The second kappa shape index (κ2) is 6.72.